The molecule has 0 saturated heterocycles. The monoisotopic (exact) mass is 290 g/mol. The number of carbonyl (C=O) groups is 1. The number of aliphatic hydroxyl groups is 1. The van der Waals surface area contributed by atoms with Gasteiger partial charge >= 0.3 is 0 Å². The van der Waals surface area contributed by atoms with Crippen LogP contribution in [-0.2, 0) is 4.79 Å². The van der Waals surface area contributed by atoms with Gasteiger partial charge in [-0.3, -0.25) is 4.79 Å². The van der Waals surface area contributed by atoms with E-state index in [2.05, 4.69) is 13.8 Å². The molecule has 118 valence electrons. The molecule has 21 heavy (non-hydrogen) atoms. The molecule has 4 saturated carbocycles. The highest BCUT2D eigenvalue weighted by Crippen LogP contribution is 2.62. The first-order chi connectivity index (χ1) is 10.0. The highest BCUT2D eigenvalue weighted by molar-refractivity contribution is 5.81. The van der Waals surface area contributed by atoms with Crippen LogP contribution in [0.5, 0.6) is 0 Å². The van der Waals surface area contributed by atoms with E-state index in [9.17, 15) is 9.90 Å². The van der Waals surface area contributed by atoms with E-state index in [1.165, 1.54) is 32.1 Å². The molecule has 2 heteroatoms. The lowest BCUT2D eigenvalue weighted by atomic mass is 9.50. The van der Waals surface area contributed by atoms with Crippen LogP contribution in [0, 0.1) is 40.9 Å². The third kappa shape index (κ3) is 1.97. The summed E-state index contributed by atoms with van der Waals surface area (Å²) < 4.78 is 0. The van der Waals surface area contributed by atoms with Gasteiger partial charge in [0.05, 0.1) is 6.10 Å². The van der Waals surface area contributed by atoms with Crippen LogP contribution >= 0.6 is 0 Å². The Hall–Kier alpha value is -0.370. The Morgan fingerprint density at radius 2 is 1.86 bits per heavy atom. The maximum atomic E-state index is 12.1. The summed E-state index contributed by atoms with van der Waals surface area (Å²) in [6, 6.07) is 0. The van der Waals surface area contributed by atoms with E-state index in [1.54, 1.807) is 0 Å². The molecule has 4 aliphatic carbocycles. The number of fused-ring (bicyclic) bond motifs is 5. The SMILES string of the molecule is CC1CC2C(CCC3C2CCC2(C)C(O)CCC32)CC1=O. The number of carbonyl (C=O) groups excluding carboxylic acids is 1. The van der Waals surface area contributed by atoms with Crippen LogP contribution in [0.25, 0.3) is 0 Å². The minimum Gasteiger partial charge on any atom is -0.393 e. The Morgan fingerprint density at radius 1 is 1.05 bits per heavy atom. The summed E-state index contributed by atoms with van der Waals surface area (Å²) >= 11 is 0. The van der Waals surface area contributed by atoms with Gasteiger partial charge in [0, 0.05) is 12.3 Å². The molecule has 8 atom stereocenters. The highest BCUT2D eigenvalue weighted by atomic mass is 16.3. The van der Waals surface area contributed by atoms with Crippen LogP contribution in [0.3, 0.4) is 0 Å². The molecule has 4 aliphatic rings. The lowest BCUT2D eigenvalue weighted by Crippen LogP contribution is -2.50. The molecule has 0 amide bonds. The number of ketones is 1. The highest BCUT2D eigenvalue weighted by Gasteiger charge is 2.57. The van der Waals surface area contributed by atoms with Gasteiger partial charge in [-0.25, -0.2) is 0 Å². The van der Waals surface area contributed by atoms with Crippen molar-refractivity contribution >= 4 is 5.78 Å². The van der Waals surface area contributed by atoms with Crippen molar-refractivity contribution in [2.75, 3.05) is 0 Å². The molecule has 2 nitrogen and oxygen atoms in total. The second kappa shape index (κ2) is 4.81. The minimum atomic E-state index is -0.0620. The molecule has 0 aromatic heterocycles. The number of Topliss-reactive ketones (excluding diaryl/α,β-unsaturated/α-hetero) is 1. The quantitative estimate of drug-likeness (QED) is 0.736. The smallest absolute Gasteiger partial charge is 0.135 e. The van der Waals surface area contributed by atoms with Gasteiger partial charge in [0.1, 0.15) is 5.78 Å². The van der Waals surface area contributed by atoms with Crippen LogP contribution < -0.4 is 0 Å². The first kappa shape index (κ1) is 14.2. The molecule has 0 heterocycles. The molecular weight excluding hydrogens is 260 g/mol. The average Bonchev–Trinajstić information content (AvgIpc) is 2.76. The largest absolute Gasteiger partial charge is 0.393 e. The summed E-state index contributed by atoms with van der Waals surface area (Å²) in [4.78, 5) is 12.1. The Balaban J connectivity index is 1.58. The number of hydrogen-bond acceptors (Lipinski definition) is 2. The van der Waals surface area contributed by atoms with E-state index in [1.807, 2.05) is 0 Å². The van der Waals surface area contributed by atoms with Gasteiger partial charge in [-0.05, 0) is 80.0 Å². The van der Waals surface area contributed by atoms with Crippen molar-refractivity contribution in [3.8, 4) is 0 Å². The normalized spacial score (nSPS) is 56.5. The van der Waals surface area contributed by atoms with Crippen molar-refractivity contribution < 1.29 is 9.90 Å². The van der Waals surface area contributed by atoms with Gasteiger partial charge in [0.15, 0.2) is 0 Å². The molecule has 0 spiro atoms. The topological polar surface area (TPSA) is 37.3 Å². The zero-order valence-corrected chi connectivity index (χ0v) is 13.6. The molecule has 0 radical (unpaired) electrons. The lowest BCUT2D eigenvalue weighted by Gasteiger charge is -2.55. The van der Waals surface area contributed by atoms with Crippen molar-refractivity contribution in [2.45, 2.75) is 71.3 Å². The van der Waals surface area contributed by atoms with Gasteiger partial charge in [-0.2, -0.15) is 0 Å². The van der Waals surface area contributed by atoms with Gasteiger partial charge in [-0.15, -0.1) is 0 Å². The molecule has 0 aromatic rings. The van der Waals surface area contributed by atoms with Crippen LogP contribution in [0.1, 0.15) is 65.2 Å². The Labute approximate surface area is 128 Å². The zero-order chi connectivity index (χ0) is 14.8. The maximum Gasteiger partial charge on any atom is 0.135 e. The second-order valence-electron chi connectivity index (χ2n) is 8.88. The minimum absolute atomic E-state index is 0.0620. The van der Waals surface area contributed by atoms with E-state index in [4.69, 9.17) is 0 Å². The number of aliphatic hydroxyl groups excluding tert-OH is 1. The van der Waals surface area contributed by atoms with Crippen LogP contribution in [0.15, 0.2) is 0 Å². The lowest BCUT2D eigenvalue weighted by molar-refractivity contribution is -0.133. The summed E-state index contributed by atoms with van der Waals surface area (Å²) in [5.41, 5.74) is 0.199. The summed E-state index contributed by atoms with van der Waals surface area (Å²) in [6.07, 6.45) is 9.32. The fraction of sp³-hybridized carbons (Fsp3) is 0.947. The van der Waals surface area contributed by atoms with Crippen molar-refractivity contribution in [3.63, 3.8) is 0 Å². The van der Waals surface area contributed by atoms with Crippen molar-refractivity contribution in [1.29, 1.82) is 0 Å². The molecule has 4 rings (SSSR count). The molecule has 0 bridgehead atoms. The van der Waals surface area contributed by atoms with E-state index in [-0.39, 0.29) is 11.5 Å². The summed E-state index contributed by atoms with van der Waals surface area (Å²) in [5.74, 6) is 4.74. The van der Waals surface area contributed by atoms with E-state index in [0.717, 1.165) is 42.9 Å². The van der Waals surface area contributed by atoms with Gasteiger partial charge < -0.3 is 5.11 Å². The van der Waals surface area contributed by atoms with E-state index in [0.29, 0.717) is 17.6 Å². The van der Waals surface area contributed by atoms with Gasteiger partial charge in [-0.1, -0.05) is 13.8 Å². The third-order valence-corrected chi connectivity index (χ3v) is 8.11. The molecule has 1 N–H and O–H groups in total. The summed E-state index contributed by atoms with van der Waals surface area (Å²) in [6.45, 7) is 4.50. The first-order valence-electron chi connectivity index (χ1n) is 9.21. The first-order valence-corrected chi connectivity index (χ1v) is 9.21. The zero-order valence-electron chi connectivity index (χ0n) is 13.6. The van der Waals surface area contributed by atoms with Crippen molar-refractivity contribution in [2.24, 2.45) is 40.9 Å². The van der Waals surface area contributed by atoms with Gasteiger partial charge in [0.2, 0.25) is 0 Å². The van der Waals surface area contributed by atoms with Crippen LogP contribution in [-0.4, -0.2) is 17.0 Å². The summed E-state index contributed by atoms with van der Waals surface area (Å²) in [7, 11) is 0. The molecule has 0 aliphatic heterocycles. The predicted molar refractivity (Wildman–Crippen MR) is 82.7 cm³/mol. The van der Waals surface area contributed by atoms with E-state index < -0.39 is 0 Å². The van der Waals surface area contributed by atoms with Crippen molar-refractivity contribution in [3.05, 3.63) is 0 Å². The van der Waals surface area contributed by atoms with Crippen LogP contribution in [0.2, 0.25) is 0 Å². The standard InChI is InChI=1S/C19H30O2/c1-11-9-15-12(10-17(11)20)3-4-14-13(15)7-8-19(2)16(14)5-6-18(19)21/h11-16,18,21H,3-10H2,1-2H3. The molecular formula is C19H30O2. The Kier molecular flexibility index (Phi) is 3.26. The fourth-order valence-corrected chi connectivity index (χ4v) is 6.83. The average molecular weight is 290 g/mol. The molecule has 4 fully saturated rings. The fourth-order valence-electron chi connectivity index (χ4n) is 6.83. The Bertz CT molecular complexity index is 445. The Morgan fingerprint density at radius 3 is 2.67 bits per heavy atom. The van der Waals surface area contributed by atoms with Crippen molar-refractivity contribution in [1.82, 2.24) is 0 Å². The second-order valence-corrected chi connectivity index (χ2v) is 8.88. The van der Waals surface area contributed by atoms with E-state index >= 15 is 0 Å². The summed E-state index contributed by atoms with van der Waals surface area (Å²) in [5, 5.41) is 10.4. The molecule has 8 unspecified atom stereocenters. The van der Waals surface area contributed by atoms with Crippen LogP contribution in [0.4, 0.5) is 0 Å². The number of hydrogen-bond donors (Lipinski definition) is 1. The molecule has 0 aromatic carbocycles. The number of rotatable bonds is 0. The predicted octanol–water partition coefficient (Wildman–Crippen LogP) is 3.82. The van der Waals surface area contributed by atoms with Gasteiger partial charge in [0.25, 0.3) is 0 Å². The maximum absolute atomic E-state index is 12.1. The third-order valence-electron chi connectivity index (χ3n) is 8.11.